The van der Waals surface area contributed by atoms with Crippen LogP contribution in [0.25, 0.3) is 11.0 Å². The van der Waals surface area contributed by atoms with Crippen molar-refractivity contribution in [2.75, 3.05) is 7.11 Å². The molecule has 88 valence electrons. The maximum Gasteiger partial charge on any atom is 0.176 e. The highest BCUT2D eigenvalue weighted by molar-refractivity contribution is 5.85. The minimum Gasteiger partial charge on any atom is -0.493 e. The molecule has 0 aliphatic carbocycles. The molecule has 0 saturated carbocycles. The Morgan fingerprint density at radius 3 is 2.59 bits per heavy atom. The van der Waals surface area contributed by atoms with Crippen LogP contribution in [-0.2, 0) is 5.41 Å². The quantitative estimate of drug-likeness (QED) is 0.791. The first-order valence-electron chi connectivity index (χ1n) is 5.48. The van der Waals surface area contributed by atoms with Crippen LogP contribution in [0.2, 0.25) is 0 Å². The van der Waals surface area contributed by atoms with Crippen LogP contribution < -0.4 is 4.74 Å². The van der Waals surface area contributed by atoms with E-state index in [1.807, 2.05) is 39.0 Å². The van der Waals surface area contributed by atoms with E-state index in [9.17, 15) is 5.26 Å². The monoisotopic (exact) mass is 229 g/mol. The standard InChI is InChI=1S/C14H15NO2/c1-9-5-10-6-11(14(2,3)8-15)7-12(16-4)13(10)17-9/h5-7H,1-4H3. The molecule has 0 unspecified atom stereocenters. The minimum absolute atomic E-state index is 0.535. The second-order valence-electron chi connectivity index (χ2n) is 4.69. The van der Waals surface area contributed by atoms with Crippen molar-refractivity contribution in [1.29, 1.82) is 5.26 Å². The highest BCUT2D eigenvalue weighted by atomic mass is 16.5. The van der Waals surface area contributed by atoms with E-state index < -0.39 is 5.41 Å². The van der Waals surface area contributed by atoms with Crippen LogP contribution in [0.3, 0.4) is 0 Å². The molecule has 0 spiro atoms. The highest BCUT2D eigenvalue weighted by Crippen LogP contribution is 2.34. The number of hydrogen-bond acceptors (Lipinski definition) is 3. The number of hydrogen-bond donors (Lipinski definition) is 0. The number of nitriles is 1. The van der Waals surface area contributed by atoms with Crippen LogP contribution in [-0.4, -0.2) is 7.11 Å². The second kappa shape index (κ2) is 3.81. The number of rotatable bonds is 2. The third kappa shape index (κ3) is 1.87. The van der Waals surface area contributed by atoms with Crippen LogP contribution in [0.15, 0.2) is 22.6 Å². The summed E-state index contributed by atoms with van der Waals surface area (Å²) in [6.45, 7) is 5.68. The second-order valence-corrected chi connectivity index (χ2v) is 4.69. The van der Waals surface area contributed by atoms with Gasteiger partial charge in [0.1, 0.15) is 5.76 Å². The zero-order valence-electron chi connectivity index (χ0n) is 10.5. The number of furan rings is 1. The van der Waals surface area contributed by atoms with E-state index in [-0.39, 0.29) is 0 Å². The molecule has 3 heteroatoms. The van der Waals surface area contributed by atoms with Crippen molar-refractivity contribution >= 4 is 11.0 Å². The number of nitrogens with zero attached hydrogens (tertiary/aromatic N) is 1. The topological polar surface area (TPSA) is 46.2 Å². The van der Waals surface area contributed by atoms with Gasteiger partial charge < -0.3 is 9.15 Å². The summed E-state index contributed by atoms with van der Waals surface area (Å²) in [5.74, 6) is 1.51. The van der Waals surface area contributed by atoms with Crippen molar-refractivity contribution in [1.82, 2.24) is 0 Å². The van der Waals surface area contributed by atoms with E-state index >= 15 is 0 Å². The molecule has 0 aliphatic rings. The maximum atomic E-state index is 9.17. The van der Waals surface area contributed by atoms with E-state index in [4.69, 9.17) is 9.15 Å². The van der Waals surface area contributed by atoms with Crippen molar-refractivity contribution in [2.24, 2.45) is 0 Å². The van der Waals surface area contributed by atoms with Gasteiger partial charge in [0, 0.05) is 5.39 Å². The smallest absolute Gasteiger partial charge is 0.176 e. The minimum atomic E-state index is -0.535. The van der Waals surface area contributed by atoms with Gasteiger partial charge in [-0.2, -0.15) is 5.26 Å². The van der Waals surface area contributed by atoms with Gasteiger partial charge in [0.25, 0.3) is 0 Å². The van der Waals surface area contributed by atoms with Crippen LogP contribution in [0, 0.1) is 18.3 Å². The number of aryl methyl sites for hydroxylation is 1. The van der Waals surface area contributed by atoms with Gasteiger partial charge in [-0.1, -0.05) is 0 Å². The predicted octanol–water partition coefficient (Wildman–Crippen LogP) is 3.55. The van der Waals surface area contributed by atoms with Gasteiger partial charge in [-0.25, -0.2) is 0 Å². The molecule has 0 fully saturated rings. The van der Waals surface area contributed by atoms with Crippen LogP contribution in [0.1, 0.15) is 25.2 Å². The Morgan fingerprint density at radius 1 is 1.29 bits per heavy atom. The van der Waals surface area contributed by atoms with Gasteiger partial charge in [0.2, 0.25) is 0 Å². The molecule has 1 heterocycles. The Morgan fingerprint density at radius 2 is 2.00 bits per heavy atom. The summed E-state index contributed by atoms with van der Waals surface area (Å²) in [6.07, 6.45) is 0. The summed E-state index contributed by atoms with van der Waals surface area (Å²) in [4.78, 5) is 0. The molecule has 0 saturated heterocycles. The van der Waals surface area contributed by atoms with E-state index in [0.717, 1.165) is 22.3 Å². The third-order valence-electron chi connectivity index (χ3n) is 2.93. The summed E-state index contributed by atoms with van der Waals surface area (Å²) in [5.41, 5.74) is 1.14. The molecule has 0 N–H and O–H groups in total. The van der Waals surface area contributed by atoms with Crippen molar-refractivity contribution < 1.29 is 9.15 Å². The van der Waals surface area contributed by atoms with Gasteiger partial charge in [-0.3, -0.25) is 0 Å². The van der Waals surface area contributed by atoms with Crippen molar-refractivity contribution in [2.45, 2.75) is 26.2 Å². The molecular formula is C14H15NO2. The van der Waals surface area contributed by atoms with Gasteiger partial charge in [0.05, 0.1) is 18.6 Å². The summed E-state index contributed by atoms with van der Waals surface area (Å²) in [6, 6.07) is 8.10. The molecule has 1 aromatic carbocycles. The molecule has 0 aliphatic heterocycles. The molecule has 3 nitrogen and oxygen atoms in total. The van der Waals surface area contributed by atoms with Gasteiger partial charge in [-0.05, 0) is 44.5 Å². The van der Waals surface area contributed by atoms with Crippen LogP contribution >= 0.6 is 0 Å². The molecule has 0 bridgehead atoms. The lowest BCUT2D eigenvalue weighted by molar-refractivity contribution is 0.407. The third-order valence-corrected chi connectivity index (χ3v) is 2.93. The summed E-state index contributed by atoms with van der Waals surface area (Å²) in [5, 5.41) is 10.1. The lowest BCUT2D eigenvalue weighted by Gasteiger charge is -2.16. The molecule has 0 amide bonds. The SMILES string of the molecule is COc1cc(C(C)(C)C#N)cc2cc(C)oc12. The number of fused-ring (bicyclic) bond motifs is 1. The summed E-state index contributed by atoms with van der Waals surface area (Å²) < 4.78 is 10.9. The fraction of sp³-hybridized carbons (Fsp3) is 0.357. The number of methoxy groups -OCH3 is 1. The first kappa shape index (κ1) is 11.5. The maximum absolute atomic E-state index is 9.17. The fourth-order valence-electron chi connectivity index (χ4n) is 1.83. The van der Waals surface area contributed by atoms with Crippen LogP contribution in [0.4, 0.5) is 0 Å². The Hall–Kier alpha value is -1.95. The molecule has 1 aromatic heterocycles. The molecule has 2 rings (SSSR count). The molecule has 0 radical (unpaired) electrons. The predicted molar refractivity (Wildman–Crippen MR) is 66.1 cm³/mol. The van der Waals surface area contributed by atoms with E-state index in [0.29, 0.717) is 5.75 Å². The average Bonchev–Trinajstić information content (AvgIpc) is 2.67. The average molecular weight is 229 g/mol. The normalized spacial score (nSPS) is 11.5. The van der Waals surface area contributed by atoms with E-state index in [2.05, 4.69) is 6.07 Å². The lowest BCUT2D eigenvalue weighted by atomic mass is 9.85. The Balaban J connectivity index is 2.73. The van der Waals surface area contributed by atoms with Gasteiger partial charge in [0.15, 0.2) is 11.3 Å². The van der Waals surface area contributed by atoms with Gasteiger partial charge in [-0.15, -0.1) is 0 Å². The van der Waals surface area contributed by atoms with Crippen LogP contribution in [0.5, 0.6) is 5.75 Å². The van der Waals surface area contributed by atoms with Crippen molar-refractivity contribution in [3.63, 3.8) is 0 Å². The molecule has 0 atom stereocenters. The lowest BCUT2D eigenvalue weighted by Crippen LogP contribution is -2.13. The molecular weight excluding hydrogens is 214 g/mol. The van der Waals surface area contributed by atoms with Gasteiger partial charge >= 0.3 is 0 Å². The van der Waals surface area contributed by atoms with E-state index in [1.165, 1.54) is 0 Å². The zero-order chi connectivity index (χ0) is 12.6. The molecule has 17 heavy (non-hydrogen) atoms. The summed E-state index contributed by atoms with van der Waals surface area (Å²) in [7, 11) is 1.61. The highest BCUT2D eigenvalue weighted by Gasteiger charge is 2.22. The van der Waals surface area contributed by atoms with E-state index in [1.54, 1.807) is 7.11 Å². The Bertz CT molecular complexity index is 602. The molecule has 2 aromatic rings. The number of ether oxygens (including phenoxy) is 1. The van der Waals surface area contributed by atoms with Crippen molar-refractivity contribution in [3.05, 3.63) is 29.5 Å². The Labute approximate surface area is 101 Å². The van der Waals surface area contributed by atoms with Crippen molar-refractivity contribution in [3.8, 4) is 11.8 Å². The largest absolute Gasteiger partial charge is 0.493 e. The summed E-state index contributed by atoms with van der Waals surface area (Å²) >= 11 is 0. The first-order chi connectivity index (χ1) is 7.97. The Kier molecular flexibility index (Phi) is 2.59. The number of benzene rings is 1. The first-order valence-corrected chi connectivity index (χ1v) is 5.48. The zero-order valence-corrected chi connectivity index (χ0v) is 10.5. The fourth-order valence-corrected chi connectivity index (χ4v) is 1.83.